The van der Waals surface area contributed by atoms with Gasteiger partial charge in [-0.2, -0.15) is 0 Å². The predicted octanol–water partition coefficient (Wildman–Crippen LogP) is 1.35. The Labute approximate surface area is 183 Å². The summed E-state index contributed by atoms with van der Waals surface area (Å²) >= 11 is 0. The predicted molar refractivity (Wildman–Crippen MR) is 118 cm³/mol. The second kappa shape index (κ2) is 9.14. The fourth-order valence-electron chi connectivity index (χ4n) is 4.95. The van der Waals surface area contributed by atoms with Gasteiger partial charge in [-0.3, -0.25) is 4.79 Å². The summed E-state index contributed by atoms with van der Waals surface area (Å²) in [6, 6.07) is 8.05. The molecule has 0 bridgehead atoms. The Balaban J connectivity index is 1.30. The third kappa shape index (κ3) is 4.71. The van der Waals surface area contributed by atoms with E-state index in [2.05, 4.69) is 10.2 Å². The van der Waals surface area contributed by atoms with E-state index in [1.165, 1.54) is 0 Å². The first-order valence-electron chi connectivity index (χ1n) is 11.4. The van der Waals surface area contributed by atoms with Crippen molar-refractivity contribution in [2.24, 2.45) is 5.41 Å². The van der Waals surface area contributed by atoms with Crippen LogP contribution in [0, 0.1) is 5.41 Å². The molecule has 1 aliphatic carbocycles. The van der Waals surface area contributed by atoms with Crippen LogP contribution < -0.4 is 5.32 Å². The van der Waals surface area contributed by atoms with Crippen molar-refractivity contribution >= 4 is 17.6 Å². The fourth-order valence-corrected chi connectivity index (χ4v) is 4.95. The number of piperazine rings is 1. The van der Waals surface area contributed by atoms with Gasteiger partial charge < -0.3 is 30.2 Å². The number of aliphatic hydroxyl groups excluding tert-OH is 2. The molecular weight excluding hydrogens is 396 g/mol. The molecular formula is C23H34N4O4. The molecule has 2 aliphatic heterocycles. The van der Waals surface area contributed by atoms with Crippen molar-refractivity contribution in [2.75, 3.05) is 44.6 Å². The number of urea groups is 1. The van der Waals surface area contributed by atoms with Crippen LogP contribution in [0.4, 0.5) is 10.5 Å². The topological polar surface area (TPSA) is 96.3 Å². The van der Waals surface area contributed by atoms with Gasteiger partial charge in [-0.1, -0.05) is 18.2 Å². The molecule has 170 valence electrons. The minimum absolute atomic E-state index is 0.102. The van der Waals surface area contributed by atoms with Gasteiger partial charge in [0.05, 0.1) is 18.8 Å². The normalized spacial score (nSPS) is 26.7. The molecule has 2 saturated heterocycles. The number of hydrogen-bond donors (Lipinski definition) is 3. The summed E-state index contributed by atoms with van der Waals surface area (Å²) in [5, 5.41) is 23.2. The number of nitrogens with zero attached hydrogens (tertiary/aromatic N) is 3. The number of para-hydroxylation sites is 1. The third-order valence-electron chi connectivity index (χ3n) is 7.36. The summed E-state index contributed by atoms with van der Waals surface area (Å²) in [5.74, 6) is -0.135. The van der Waals surface area contributed by atoms with E-state index in [1.54, 1.807) is 16.7 Å². The van der Waals surface area contributed by atoms with Gasteiger partial charge in [-0.15, -0.1) is 0 Å². The standard InChI is InChI=1S/C23H34N4O4/c1-17-21(30)27(14-13-26(17)22(31)24-18-5-3-2-4-6-18)19(16-28)7-11-25-12-10-23(8-9-23)20(29)15-25/h2-6,17,19-20,28-29H,7-16H2,1H3,(H,24,31)/t17-,19-,20+/m0/s1. The molecule has 0 unspecified atom stereocenters. The van der Waals surface area contributed by atoms with Crippen LogP contribution >= 0.6 is 0 Å². The minimum Gasteiger partial charge on any atom is -0.394 e. The number of anilines is 1. The third-order valence-corrected chi connectivity index (χ3v) is 7.36. The van der Waals surface area contributed by atoms with Crippen molar-refractivity contribution in [1.29, 1.82) is 0 Å². The number of piperidine rings is 1. The maximum absolute atomic E-state index is 13.0. The Hall–Kier alpha value is -2.16. The molecule has 0 radical (unpaired) electrons. The van der Waals surface area contributed by atoms with Crippen LogP contribution in [-0.4, -0.2) is 94.4 Å². The quantitative estimate of drug-likeness (QED) is 0.633. The van der Waals surface area contributed by atoms with Crippen LogP contribution in [0.15, 0.2) is 30.3 Å². The number of aliphatic hydroxyl groups is 2. The zero-order valence-electron chi connectivity index (χ0n) is 18.2. The van der Waals surface area contributed by atoms with Gasteiger partial charge >= 0.3 is 6.03 Å². The van der Waals surface area contributed by atoms with E-state index in [9.17, 15) is 19.8 Å². The molecule has 3 N–H and O–H groups in total. The summed E-state index contributed by atoms with van der Waals surface area (Å²) in [6.07, 6.45) is 3.70. The second-order valence-electron chi connectivity index (χ2n) is 9.25. The van der Waals surface area contributed by atoms with Crippen molar-refractivity contribution in [3.05, 3.63) is 30.3 Å². The number of nitrogens with one attached hydrogen (secondary N) is 1. The number of rotatable bonds is 6. The number of β-amino-alcohol motifs (C(OH)–C–C–N with tert-alkyl or cyclic N) is 1. The molecule has 3 amide bonds. The molecule has 1 saturated carbocycles. The second-order valence-corrected chi connectivity index (χ2v) is 9.25. The molecule has 31 heavy (non-hydrogen) atoms. The highest BCUT2D eigenvalue weighted by atomic mass is 16.3. The SMILES string of the molecule is C[C@H]1C(=O)N([C@H](CO)CCN2CCC3(CC3)[C@H](O)C2)CCN1C(=O)Nc1ccccc1. The Bertz CT molecular complexity index is 785. The van der Waals surface area contributed by atoms with Gasteiger partial charge in [-0.05, 0) is 56.7 Å². The molecule has 2 heterocycles. The van der Waals surface area contributed by atoms with E-state index in [1.807, 2.05) is 30.3 Å². The molecule has 8 heteroatoms. The number of amides is 3. The van der Waals surface area contributed by atoms with Gasteiger partial charge in [0.15, 0.2) is 0 Å². The number of hydrogen-bond acceptors (Lipinski definition) is 5. The van der Waals surface area contributed by atoms with E-state index in [0.29, 0.717) is 31.7 Å². The van der Waals surface area contributed by atoms with Crippen molar-refractivity contribution < 1.29 is 19.8 Å². The molecule has 4 rings (SSSR count). The summed E-state index contributed by atoms with van der Waals surface area (Å²) < 4.78 is 0. The molecule has 1 aromatic rings. The smallest absolute Gasteiger partial charge is 0.322 e. The first-order valence-corrected chi connectivity index (χ1v) is 11.4. The van der Waals surface area contributed by atoms with Crippen LogP contribution in [0.5, 0.6) is 0 Å². The van der Waals surface area contributed by atoms with Crippen molar-refractivity contribution in [1.82, 2.24) is 14.7 Å². The van der Waals surface area contributed by atoms with Crippen molar-refractivity contribution in [3.63, 3.8) is 0 Å². The lowest BCUT2D eigenvalue weighted by Crippen LogP contribution is -2.61. The van der Waals surface area contributed by atoms with Crippen LogP contribution in [0.1, 0.15) is 32.6 Å². The Morgan fingerprint density at radius 3 is 2.58 bits per heavy atom. The van der Waals surface area contributed by atoms with E-state index >= 15 is 0 Å². The highest BCUT2D eigenvalue weighted by Crippen LogP contribution is 2.53. The van der Waals surface area contributed by atoms with Gasteiger partial charge in [0.25, 0.3) is 0 Å². The summed E-state index contributed by atoms with van der Waals surface area (Å²) in [5.41, 5.74) is 0.870. The lowest BCUT2D eigenvalue weighted by atomic mass is 9.90. The maximum Gasteiger partial charge on any atom is 0.322 e. The highest BCUT2D eigenvalue weighted by Gasteiger charge is 2.51. The van der Waals surface area contributed by atoms with Crippen LogP contribution in [-0.2, 0) is 4.79 Å². The lowest BCUT2D eigenvalue weighted by Gasteiger charge is -2.43. The lowest BCUT2D eigenvalue weighted by molar-refractivity contribution is -0.143. The van der Waals surface area contributed by atoms with Crippen LogP contribution in [0.25, 0.3) is 0 Å². The average molecular weight is 431 g/mol. The molecule has 3 aliphatic rings. The monoisotopic (exact) mass is 430 g/mol. The number of likely N-dealkylation sites (tertiary alicyclic amines) is 1. The fraction of sp³-hybridized carbons (Fsp3) is 0.652. The van der Waals surface area contributed by atoms with Gasteiger partial charge in [0.1, 0.15) is 6.04 Å². The minimum atomic E-state index is -0.585. The first-order chi connectivity index (χ1) is 14.9. The van der Waals surface area contributed by atoms with Crippen LogP contribution in [0.2, 0.25) is 0 Å². The summed E-state index contributed by atoms with van der Waals surface area (Å²) in [7, 11) is 0. The zero-order valence-corrected chi connectivity index (χ0v) is 18.2. The average Bonchev–Trinajstić information content (AvgIpc) is 3.55. The van der Waals surface area contributed by atoms with Crippen molar-refractivity contribution in [3.8, 4) is 0 Å². The highest BCUT2D eigenvalue weighted by molar-refractivity contribution is 5.94. The van der Waals surface area contributed by atoms with Gasteiger partial charge in [0, 0.05) is 31.9 Å². The van der Waals surface area contributed by atoms with E-state index in [-0.39, 0.29) is 36.1 Å². The Kier molecular flexibility index (Phi) is 6.50. The molecule has 1 spiro atoms. The number of carbonyl (C=O) groups is 2. The zero-order chi connectivity index (χ0) is 22.0. The van der Waals surface area contributed by atoms with Gasteiger partial charge in [0.2, 0.25) is 5.91 Å². The number of benzene rings is 1. The Morgan fingerprint density at radius 1 is 1.19 bits per heavy atom. The molecule has 0 aromatic heterocycles. The molecule has 3 atom stereocenters. The number of carbonyl (C=O) groups excluding carboxylic acids is 2. The largest absolute Gasteiger partial charge is 0.394 e. The molecule has 1 aromatic carbocycles. The first kappa shape index (κ1) is 22.0. The summed E-state index contributed by atoms with van der Waals surface area (Å²) in [6.45, 7) is 4.85. The molecule has 8 nitrogen and oxygen atoms in total. The van der Waals surface area contributed by atoms with Crippen molar-refractivity contribution in [2.45, 2.75) is 50.8 Å². The Morgan fingerprint density at radius 2 is 1.94 bits per heavy atom. The van der Waals surface area contributed by atoms with E-state index in [0.717, 1.165) is 32.4 Å². The van der Waals surface area contributed by atoms with E-state index in [4.69, 9.17) is 0 Å². The van der Waals surface area contributed by atoms with Gasteiger partial charge in [-0.25, -0.2) is 4.79 Å². The van der Waals surface area contributed by atoms with Crippen LogP contribution in [0.3, 0.4) is 0 Å². The maximum atomic E-state index is 13.0. The van der Waals surface area contributed by atoms with E-state index < -0.39 is 6.04 Å². The summed E-state index contributed by atoms with van der Waals surface area (Å²) in [4.78, 5) is 31.2. The molecule has 3 fully saturated rings.